The van der Waals surface area contributed by atoms with Gasteiger partial charge in [-0.2, -0.15) is 8.78 Å². The molecule has 0 bridgehead atoms. The van der Waals surface area contributed by atoms with Crippen molar-refractivity contribution in [3.63, 3.8) is 0 Å². The molecule has 3 rings (SSSR count). The van der Waals surface area contributed by atoms with E-state index in [1.54, 1.807) is 4.72 Å². The highest BCUT2D eigenvalue weighted by molar-refractivity contribution is 7.92. The molecular weight excluding hydrogens is 587 g/mol. The van der Waals surface area contributed by atoms with Crippen molar-refractivity contribution in [2.24, 2.45) is 5.73 Å². The molecule has 0 radical (unpaired) electrons. The van der Waals surface area contributed by atoms with E-state index in [0.717, 1.165) is 18.2 Å². The summed E-state index contributed by atoms with van der Waals surface area (Å²) < 4.78 is 156. The van der Waals surface area contributed by atoms with Gasteiger partial charge in [-0.05, 0) is 30.3 Å². The van der Waals surface area contributed by atoms with E-state index in [-0.39, 0.29) is 17.8 Å². The first-order valence-electron chi connectivity index (χ1n) is 10.2. The highest BCUT2D eigenvalue weighted by Crippen LogP contribution is 2.50. The molecule has 0 aliphatic heterocycles. The zero-order valence-corrected chi connectivity index (χ0v) is 20.0. The Balaban J connectivity index is 2.23. The normalized spacial score (nSPS) is 13.3. The van der Waals surface area contributed by atoms with E-state index < -0.39 is 84.3 Å². The van der Waals surface area contributed by atoms with E-state index >= 15 is 4.39 Å². The summed E-state index contributed by atoms with van der Waals surface area (Å²) in [6.07, 6.45) is 0. The van der Waals surface area contributed by atoms with E-state index in [4.69, 9.17) is 11.1 Å². The number of rotatable bonds is 8. The first-order chi connectivity index (χ1) is 18.5. The van der Waals surface area contributed by atoms with Crippen molar-refractivity contribution in [3.05, 3.63) is 88.7 Å². The Labute approximate surface area is 218 Å². The van der Waals surface area contributed by atoms with Crippen LogP contribution in [-0.4, -0.2) is 26.3 Å². The molecule has 3 aromatic carbocycles. The maximum absolute atomic E-state index is 16.2. The number of carbonyl (C=O) groups excluding carboxylic acids is 1. The Morgan fingerprint density at radius 1 is 0.850 bits per heavy atom. The summed E-state index contributed by atoms with van der Waals surface area (Å²) >= 11 is 0. The molecule has 0 aromatic heterocycles. The van der Waals surface area contributed by atoms with Gasteiger partial charge in [-0.3, -0.25) is 10.1 Å². The van der Waals surface area contributed by atoms with E-state index in [2.05, 4.69) is 10.3 Å². The zero-order valence-electron chi connectivity index (χ0n) is 19.1. The average Bonchev–Trinajstić information content (AvgIpc) is 2.89. The Bertz CT molecular complexity index is 1590. The highest BCUT2D eigenvalue weighted by Gasteiger charge is 2.67. The topological polar surface area (TPSA) is 134 Å². The van der Waals surface area contributed by atoms with Gasteiger partial charge in [-0.1, -0.05) is 18.2 Å². The molecule has 5 N–H and O–H groups in total. The van der Waals surface area contributed by atoms with Gasteiger partial charge in [0.05, 0.1) is 10.5 Å². The second-order valence-electron chi connectivity index (χ2n) is 7.80. The van der Waals surface area contributed by atoms with Gasteiger partial charge in [0, 0.05) is 21.5 Å². The molecule has 0 spiro atoms. The summed E-state index contributed by atoms with van der Waals surface area (Å²) in [5.74, 6) is -24.9. The van der Waals surface area contributed by atoms with E-state index in [0.29, 0.717) is 6.07 Å². The fourth-order valence-electron chi connectivity index (χ4n) is 3.49. The van der Waals surface area contributed by atoms with Crippen LogP contribution in [0.25, 0.3) is 0 Å². The molecule has 0 amide bonds. The van der Waals surface area contributed by atoms with Gasteiger partial charge < -0.3 is 11.1 Å². The number of benzene rings is 3. The number of hydrogen-bond donors (Lipinski definition) is 4. The first-order valence-corrected chi connectivity index (χ1v) is 11.7. The molecule has 0 aliphatic rings. The summed E-state index contributed by atoms with van der Waals surface area (Å²) in [5.41, 5.74) is -5.65. The van der Waals surface area contributed by atoms with Gasteiger partial charge in [-0.25, -0.2) is 44.5 Å². The van der Waals surface area contributed by atoms with Crippen LogP contribution in [0.2, 0.25) is 0 Å². The maximum atomic E-state index is 16.2. The predicted octanol–water partition coefficient (Wildman–Crippen LogP) is 4.76. The van der Waals surface area contributed by atoms with Crippen molar-refractivity contribution < 1.29 is 57.8 Å². The number of guanidine groups is 1. The second-order valence-corrected chi connectivity index (χ2v) is 9.48. The summed E-state index contributed by atoms with van der Waals surface area (Å²) in [6.45, 7) is 0. The lowest BCUT2D eigenvalue weighted by atomic mass is 9.81. The number of sulfonamides is 1. The molecule has 3 aromatic rings. The first kappa shape index (κ1) is 30.1. The third kappa shape index (κ3) is 5.08. The fraction of sp³-hybridized carbons (Fsp3) is 0.0909. The molecule has 40 heavy (non-hydrogen) atoms. The number of alkyl halides is 3. The monoisotopic (exact) mass is 600 g/mol. The molecule has 18 heteroatoms. The Morgan fingerprint density at radius 2 is 1.38 bits per heavy atom. The Hall–Kier alpha value is -4.48. The van der Waals surface area contributed by atoms with E-state index in [1.807, 2.05) is 0 Å². The Morgan fingerprint density at radius 3 is 1.93 bits per heavy atom. The van der Waals surface area contributed by atoms with Crippen molar-refractivity contribution in [3.8, 4) is 0 Å². The molecule has 0 fully saturated rings. The van der Waals surface area contributed by atoms with Crippen molar-refractivity contribution >= 4 is 33.3 Å². The van der Waals surface area contributed by atoms with Crippen LogP contribution in [0.4, 0.5) is 51.0 Å². The quantitative estimate of drug-likeness (QED) is 0.0969. The van der Waals surface area contributed by atoms with E-state index in [1.165, 1.54) is 12.1 Å². The number of anilines is 2. The summed E-state index contributed by atoms with van der Waals surface area (Å²) in [7, 11) is -4.67. The Kier molecular flexibility index (Phi) is 7.96. The predicted molar refractivity (Wildman–Crippen MR) is 119 cm³/mol. The van der Waals surface area contributed by atoms with Crippen LogP contribution >= 0.6 is 0 Å². The molecule has 0 aliphatic carbocycles. The average molecular weight is 600 g/mol. The molecule has 8 nitrogen and oxygen atoms in total. The molecule has 0 heterocycles. The van der Waals surface area contributed by atoms with Gasteiger partial charge in [0.1, 0.15) is 0 Å². The van der Waals surface area contributed by atoms with Crippen molar-refractivity contribution in [1.82, 2.24) is 0 Å². The number of nitrogens with one attached hydrogen (secondary N) is 3. The lowest BCUT2D eigenvalue weighted by molar-refractivity contribution is -0.229. The van der Waals surface area contributed by atoms with Crippen molar-refractivity contribution in [1.29, 1.82) is 5.41 Å². The third-order valence-electron chi connectivity index (χ3n) is 5.25. The van der Waals surface area contributed by atoms with E-state index in [9.17, 15) is 48.5 Å². The van der Waals surface area contributed by atoms with Crippen LogP contribution in [0.3, 0.4) is 0 Å². The SMILES string of the molecule is N=C(N)Nc1cccc(S(=O)(=O)Nc2cccc(C(F)(c3c(F)c(F)c(F)c(F)c3F)C(F)(F)C(=O)OF)c2)c1. The molecule has 1 atom stereocenters. The molecule has 0 saturated carbocycles. The fourth-order valence-corrected chi connectivity index (χ4v) is 4.58. The molecule has 1 unspecified atom stereocenters. The van der Waals surface area contributed by atoms with Gasteiger partial charge in [0.2, 0.25) is 11.5 Å². The van der Waals surface area contributed by atoms with Crippen LogP contribution in [-0.2, 0) is 25.4 Å². The van der Waals surface area contributed by atoms with Crippen LogP contribution in [0.5, 0.6) is 0 Å². The van der Waals surface area contributed by atoms with Crippen LogP contribution in [0.15, 0.2) is 53.4 Å². The minimum Gasteiger partial charge on any atom is -0.370 e. The van der Waals surface area contributed by atoms with Crippen molar-refractivity contribution in [2.75, 3.05) is 10.0 Å². The smallest absolute Gasteiger partial charge is 0.370 e. The van der Waals surface area contributed by atoms with Crippen LogP contribution in [0, 0.1) is 34.5 Å². The molecule has 214 valence electrons. The van der Waals surface area contributed by atoms with Crippen LogP contribution in [0.1, 0.15) is 11.1 Å². The molecular formula is C22H13F9N4O4S. The van der Waals surface area contributed by atoms with Gasteiger partial charge in [0.25, 0.3) is 10.0 Å². The third-order valence-corrected chi connectivity index (χ3v) is 6.63. The molecule has 0 saturated heterocycles. The highest BCUT2D eigenvalue weighted by atomic mass is 32.2. The summed E-state index contributed by atoms with van der Waals surface area (Å²) in [4.78, 5) is 13.2. The number of hydrogen-bond acceptors (Lipinski definition) is 5. The number of carbonyl (C=O) groups is 1. The van der Waals surface area contributed by atoms with Gasteiger partial charge in [-0.15, -0.1) is 0 Å². The van der Waals surface area contributed by atoms with Gasteiger partial charge >= 0.3 is 11.9 Å². The van der Waals surface area contributed by atoms with Gasteiger partial charge in [0.15, 0.2) is 29.2 Å². The summed E-state index contributed by atoms with van der Waals surface area (Å²) in [5, 5.41) is 9.47. The number of halogens is 9. The van der Waals surface area contributed by atoms with Crippen molar-refractivity contribution in [2.45, 2.75) is 16.5 Å². The zero-order chi connectivity index (χ0) is 30.2. The minimum atomic E-state index is -6.00. The van der Waals surface area contributed by atoms with Crippen LogP contribution < -0.4 is 15.8 Å². The second kappa shape index (κ2) is 10.6. The summed E-state index contributed by atoms with van der Waals surface area (Å²) in [6, 6.07) is 6.26. The maximum Gasteiger partial charge on any atom is 0.421 e. The lowest BCUT2D eigenvalue weighted by Gasteiger charge is -2.32. The number of nitrogens with two attached hydrogens (primary N) is 1. The lowest BCUT2D eigenvalue weighted by Crippen LogP contribution is -2.50. The minimum absolute atomic E-state index is 0.00240. The largest absolute Gasteiger partial charge is 0.421 e. The standard InChI is InChI=1S/C22H13F9N4O4S/c23-14-13(15(24)17(26)18(27)16(14)25)21(28,22(29,30)19(36)39-31)9-3-1-5-11(7-9)35-40(37,38)12-6-2-4-10(8-12)34-20(32)33/h1-8,35H,(H4,32,33,34).